The van der Waals surface area contributed by atoms with Crippen molar-refractivity contribution in [3.63, 3.8) is 0 Å². The van der Waals surface area contributed by atoms with Crippen LogP contribution >= 0.6 is 0 Å². The maximum Gasteiger partial charge on any atom is 0.339 e. The number of amides is 2. The second-order valence-corrected chi connectivity index (χ2v) is 15.6. The fourth-order valence-electron chi connectivity index (χ4n) is 4.92. The number of anilines is 3. The van der Waals surface area contributed by atoms with Gasteiger partial charge in [-0.05, 0) is 107 Å². The standard InChI is InChI=1S/C34H27N3O9S3/c1-22-5-13-30(14-6-22)46-49(44,45)33-4-2-3-29(21-33)37-47(39,40)31-15-9-23-7-11-27(17-25(23)19-31)35-34(38)36-28-12-8-24-10-16-32(48(41,42)43)20-26(24)18-28/h2-21,37H,1H3,(H2,35,36,38)(H,41,42,43). The average Bonchev–Trinajstić information content (AvgIpc) is 3.04. The number of urea groups is 1. The first-order chi connectivity index (χ1) is 23.1. The predicted molar refractivity (Wildman–Crippen MR) is 187 cm³/mol. The smallest absolute Gasteiger partial charge is 0.339 e. The van der Waals surface area contributed by atoms with Gasteiger partial charge in [-0.15, -0.1) is 0 Å². The summed E-state index contributed by atoms with van der Waals surface area (Å²) in [5.41, 5.74) is 1.64. The lowest BCUT2D eigenvalue weighted by atomic mass is 10.1. The van der Waals surface area contributed by atoms with Crippen molar-refractivity contribution in [2.24, 2.45) is 0 Å². The summed E-state index contributed by atoms with van der Waals surface area (Å²) >= 11 is 0. The zero-order chi connectivity index (χ0) is 35.0. The third kappa shape index (κ3) is 7.81. The van der Waals surface area contributed by atoms with Gasteiger partial charge in [-0.1, -0.05) is 48.0 Å². The van der Waals surface area contributed by atoms with E-state index in [1.165, 1.54) is 60.7 Å². The molecule has 0 aliphatic heterocycles. The number of carbonyl (C=O) groups is 1. The van der Waals surface area contributed by atoms with Gasteiger partial charge in [-0.25, -0.2) is 13.2 Å². The SMILES string of the molecule is Cc1ccc(OS(=O)(=O)c2cccc(NS(=O)(=O)c3ccc4ccc(NC(=O)Nc5ccc6ccc(S(=O)(=O)O)cc6c5)cc4c3)c2)cc1. The van der Waals surface area contributed by atoms with Gasteiger partial charge in [0, 0.05) is 11.4 Å². The number of aryl methyl sites for hydroxylation is 1. The maximum absolute atomic E-state index is 13.3. The van der Waals surface area contributed by atoms with Crippen LogP contribution in [0.2, 0.25) is 0 Å². The highest BCUT2D eigenvalue weighted by atomic mass is 32.2. The van der Waals surface area contributed by atoms with Crippen molar-refractivity contribution in [2.45, 2.75) is 21.6 Å². The van der Waals surface area contributed by atoms with Crippen LogP contribution in [0, 0.1) is 6.92 Å². The van der Waals surface area contributed by atoms with Crippen LogP contribution in [0.3, 0.4) is 0 Å². The number of rotatable bonds is 9. The number of hydrogen-bond donors (Lipinski definition) is 4. The van der Waals surface area contributed by atoms with Gasteiger partial charge in [0.2, 0.25) is 0 Å². The third-order valence-electron chi connectivity index (χ3n) is 7.35. The molecule has 0 bridgehead atoms. The predicted octanol–water partition coefficient (Wildman–Crippen LogP) is 6.76. The first kappa shape index (κ1) is 33.4. The molecule has 0 saturated heterocycles. The number of carbonyl (C=O) groups excluding carboxylic acids is 1. The largest absolute Gasteiger partial charge is 0.379 e. The fourth-order valence-corrected chi connectivity index (χ4v) is 7.50. The molecule has 15 heteroatoms. The third-order valence-corrected chi connectivity index (χ3v) is 10.8. The van der Waals surface area contributed by atoms with Crippen molar-refractivity contribution in [3.05, 3.63) is 127 Å². The van der Waals surface area contributed by atoms with Gasteiger partial charge in [0.05, 0.1) is 15.5 Å². The number of fused-ring (bicyclic) bond motifs is 2. The minimum absolute atomic E-state index is 0.00339. The summed E-state index contributed by atoms with van der Waals surface area (Å²) in [6.07, 6.45) is 0. The Hall–Kier alpha value is -5.48. The molecule has 0 radical (unpaired) electrons. The second-order valence-electron chi connectivity index (χ2n) is 11.0. The first-order valence-electron chi connectivity index (χ1n) is 14.4. The van der Waals surface area contributed by atoms with E-state index < -0.39 is 36.3 Å². The van der Waals surface area contributed by atoms with Crippen LogP contribution < -0.4 is 19.5 Å². The number of hydrogen-bond acceptors (Lipinski definition) is 8. The molecule has 0 atom stereocenters. The van der Waals surface area contributed by atoms with Gasteiger partial charge in [-0.3, -0.25) is 9.27 Å². The van der Waals surface area contributed by atoms with E-state index in [9.17, 15) is 34.6 Å². The molecule has 0 aliphatic rings. The lowest BCUT2D eigenvalue weighted by Gasteiger charge is -2.12. The summed E-state index contributed by atoms with van der Waals surface area (Å²) in [6, 6.07) is 29.4. The molecule has 2 amide bonds. The van der Waals surface area contributed by atoms with Crippen LogP contribution in [-0.4, -0.2) is 35.8 Å². The van der Waals surface area contributed by atoms with Gasteiger partial charge in [-0.2, -0.15) is 16.8 Å². The molecule has 0 heterocycles. The van der Waals surface area contributed by atoms with Crippen LogP contribution in [0.4, 0.5) is 21.9 Å². The summed E-state index contributed by atoms with van der Waals surface area (Å²) in [6.45, 7) is 1.85. The Kier molecular flexibility index (Phi) is 8.77. The molecule has 4 N–H and O–H groups in total. The van der Waals surface area contributed by atoms with Crippen LogP contribution in [0.25, 0.3) is 21.5 Å². The van der Waals surface area contributed by atoms with E-state index in [-0.39, 0.29) is 26.1 Å². The first-order valence-corrected chi connectivity index (χ1v) is 18.8. The van der Waals surface area contributed by atoms with Crippen molar-refractivity contribution in [1.82, 2.24) is 0 Å². The molecule has 6 aromatic carbocycles. The van der Waals surface area contributed by atoms with Crippen molar-refractivity contribution < 1.29 is 38.8 Å². The Bertz CT molecular complexity index is 2590. The average molecular weight is 718 g/mol. The van der Waals surface area contributed by atoms with Gasteiger partial charge in [0.1, 0.15) is 10.6 Å². The fraction of sp³-hybridized carbons (Fsp3) is 0.0294. The normalized spacial score (nSPS) is 12.0. The Balaban J connectivity index is 1.17. The van der Waals surface area contributed by atoms with Crippen molar-refractivity contribution in [3.8, 4) is 5.75 Å². The molecule has 0 saturated carbocycles. The van der Waals surface area contributed by atoms with E-state index in [2.05, 4.69) is 15.4 Å². The molecule has 250 valence electrons. The molecule has 0 spiro atoms. The second kappa shape index (κ2) is 12.9. The van der Waals surface area contributed by atoms with Crippen molar-refractivity contribution in [2.75, 3.05) is 15.4 Å². The summed E-state index contributed by atoms with van der Waals surface area (Å²) in [4.78, 5) is 12.2. The molecule has 0 unspecified atom stereocenters. The Morgan fingerprint density at radius 3 is 1.71 bits per heavy atom. The molecule has 0 aromatic heterocycles. The monoisotopic (exact) mass is 717 g/mol. The highest BCUT2D eigenvalue weighted by Crippen LogP contribution is 2.27. The lowest BCUT2D eigenvalue weighted by Crippen LogP contribution is -2.19. The van der Waals surface area contributed by atoms with E-state index in [0.717, 1.165) is 11.6 Å². The van der Waals surface area contributed by atoms with Crippen molar-refractivity contribution >= 4 is 74.9 Å². The zero-order valence-electron chi connectivity index (χ0n) is 25.5. The zero-order valence-corrected chi connectivity index (χ0v) is 27.9. The molecular formula is C34H27N3O9S3. The summed E-state index contributed by atoms with van der Waals surface area (Å²) in [5, 5.41) is 7.70. The van der Waals surface area contributed by atoms with Crippen molar-refractivity contribution in [1.29, 1.82) is 0 Å². The molecule has 0 aliphatic carbocycles. The van der Waals surface area contributed by atoms with E-state index in [1.54, 1.807) is 54.6 Å². The lowest BCUT2D eigenvalue weighted by molar-refractivity contribution is 0.262. The summed E-state index contributed by atoms with van der Waals surface area (Å²) < 4.78 is 92.4. The molecule has 49 heavy (non-hydrogen) atoms. The minimum Gasteiger partial charge on any atom is -0.379 e. The number of nitrogens with one attached hydrogen (secondary N) is 3. The molecule has 0 fully saturated rings. The maximum atomic E-state index is 13.3. The van der Waals surface area contributed by atoms with Crippen LogP contribution in [-0.2, 0) is 30.3 Å². The van der Waals surface area contributed by atoms with Crippen LogP contribution in [0.15, 0.2) is 136 Å². The highest BCUT2D eigenvalue weighted by Gasteiger charge is 2.20. The van der Waals surface area contributed by atoms with E-state index in [4.69, 9.17) is 4.18 Å². The molecule has 6 aromatic rings. The van der Waals surface area contributed by atoms with Gasteiger partial charge >= 0.3 is 16.1 Å². The minimum atomic E-state index is -4.40. The summed E-state index contributed by atoms with van der Waals surface area (Å²) in [7, 11) is -12.8. The molecule has 6 rings (SSSR count). The van der Waals surface area contributed by atoms with E-state index in [1.807, 2.05) is 6.92 Å². The highest BCUT2D eigenvalue weighted by molar-refractivity contribution is 7.92. The topological polar surface area (TPSA) is 185 Å². The molecular weight excluding hydrogens is 691 g/mol. The Labute approximate surface area is 282 Å². The van der Waals surface area contributed by atoms with Gasteiger partial charge in [0.15, 0.2) is 0 Å². The van der Waals surface area contributed by atoms with Gasteiger partial charge in [0.25, 0.3) is 20.1 Å². The quantitative estimate of drug-likeness (QED) is 0.0926. The van der Waals surface area contributed by atoms with E-state index >= 15 is 0 Å². The Morgan fingerprint density at radius 1 is 0.571 bits per heavy atom. The van der Waals surface area contributed by atoms with Gasteiger partial charge < -0.3 is 14.8 Å². The number of benzene rings is 6. The van der Waals surface area contributed by atoms with Crippen LogP contribution in [0.5, 0.6) is 5.75 Å². The van der Waals surface area contributed by atoms with E-state index in [0.29, 0.717) is 32.9 Å². The molecule has 12 nitrogen and oxygen atoms in total. The summed E-state index contributed by atoms with van der Waals surface area (Å²) in [5.74, 6) is 0.115. The van der Waals surface area contributed by atoms with Crippen LogP contribution in [0.1, 0.15) is 5.56 Å². The Morgan fingerprint density at radius 2 is 1.12 bits per heavy atom. The number of sulfonamides is 1.